The molecule has 31 heavy (non-hydrogen) atoms. The minimum atomic E-state index is 0.228. The third-order valence-electron chi connectivity index (χ3n) is 5.66. The van der Waals surface area contributed by atoms with Crippen LogP contribution in [0, 0.1) is 0 Å². The van der Waals surface area contributed by atoms with E-state index in [1.54, 1.807) is 12.4 Å². The molecule has 0 aromatic carbocycles. The summed E-state index contributed by atoms with van der Waals surface area (Å²) in [4.78, 5) is 27.2. The van der Waals surface area contributed by atoms with Crippen LogP contribution in [-0.2, 0) is 16.0 Å². The van der Waals surface area contributed by atoms with E-state index in [1.165, 1.54) is 0 Å². The Kier molecular flexibility index (Phi) is 5.87. The van der Waals surface area contributed by atoms with Crippen molar-refractivity contribution < 1.29 is 9.47 Å². The summed E-state index contributed by atoms with van der Waals surface area (Å²) >= 11 is 0. The Bertz CT molecular complexity index is 1010. The first-order valence-electron chi connectivity index (χ1n) is 10.7. The summed E-state index contributed by atoms with van der Waals surface area (Å²) in [6.45, 7) is 8.38. The van der Waals surface area contributed by atoms with Crippen molar-refractivity contribution in [3.05, 3.63) is 18.7 Å². The topological polar surface area (TPSA) is 120 Å². The van der Waals surface area contributed by atoms with Gasteiger partial charge in [-0.25, -0.2) is 24.9 Å². The zero-order valence-corrected chi connectivity index (χ0v) is 17.5. The zero-order chi connectivity index (χ0) is 21.0. The summed E-state index contributed by atoms with van der Waals surface area (Å²) in [7, 11) is 0. The number of morpholine rings is 2. The van der Waals surface area contributed by atoms with Crippen LogP contribution < -0.4 is 10.6 Å². The maximum absolute atomic E-state index is 5.65. The first-order valence-corrected chi connectivity index (χ1v) is 10.7. The number of fused-ring (bicyclic) bond motifs is 1. The van der Waals surface area contributed by atoms with Gasteiger partial charge in [0.1, 0.15) is 0 Å². The van der Waals surface area contributed by atoms with Crippen molar-refractivity contribution in [1.29, 1.82) is 0 Å². The van der Waals surface area contributed by atoms with E-state index in [1.807, 2.05) is 6.33 Å². The predicted molar refractivity (Wildman–Crippen MR) is 116 cm³/mol. The molecule has 5 heterocycles. The van der Waals surface area contributed by atoms with Crippen LogP contribution >= 0.6 is 0 Å². The van der Waals surface area contributed by atoms with E-state index in [0.29, 0.717) is 19.0 Å². The second-order valence-electron chi connectivity index (χ2n) is 7.72. The summed E-state index contributed by atoms with van der Waals surface area (Å²) in [5.74, 6) is 1.63. The highest BCUT2D eigenvalue weighted by Gasteiger charge is 2.21. The van der Waals surface area contributed by atoms with Gasteiger partial charge >= 0.3 is 0 Å². The molecule has 0 saturated carbocycles. The molecule has 3 aromatic rings. The number of nitrogen functional groups attached to an aromatic ring is 1. The molecule has 164 valence electrons. The molecule has 11 heteroatoms. The summed E-state index contributed by atoms with van der Waals surface area (Å²) in [5, 5.41) is 0. The fraction of sp³-hybridized carbons (Fsp3) is 0.550. The molecule has 0 radical (unpaired) electrons. The van der Waals surface area contributed by atoms with Gasteiger partial charge in [0, 0.05) is 51.7 Å². The highest BCUT2D eigenvalue weighted by Crippen LogP contribution is 2.27. The fourth-order valence-electron chi connectivity index (χ4n) is 3.96. The van der Waals surface area contributed by atoms with Gasteiger partial charge in [-0.1, -0.05) is 0 Å². The molecule has 3 aromatic heterocycles. The van der Waals surface area contributed by atoms with Crippen molar-refractivity contribution >= 4 is 22.9 Å². The van der Waals surface area contributed by atoms with Crippen molar-refractivity contribution in [3.8, 4) is 11.4 Å². The number of ether oxygens (including phenoxy) is 2. The van der Waals surface area contributed by atoms with Crippen LogP contribution in [0.3, 0.4) is 0 Å². The molecular weight excluding hydrogens is 398 g/mol. The SMILES string of the molecule is Nc1ncc(-c2nc(N3CCOCC3)c3ncn(CCCN4CCOCC4)c3n2)cn1. The van der Waals surface area contributed by atoms with Crippen LogP contribution in [0.4, 0.5) is 11.8 Å². The molecular formula is C20H27N9O2. The number of anilines is 2. The Labute approximate surface area is 180 Å². The van der Waals surface area contributed by atoms with Gasteiger partial charge in [-0.05, 0) is 6.42 Å². The van der Waals surface area contributed by atoms with Crippen LogP contribution in [0.15, 0.2) is 18.7 Å². The van der Waals surface area contributed by atoms with Gasteiger partial charge in [0.05, 0.1) is 38.3 Å². The van der Waals surface area contributed by atoms with Crippen molar-refractivity contribution in [2.45, 2.75) is 13.0 Å². The molecule has 5 rings (SSSR count). The number of nitrogens with zero attached hydrogens (tertiary/aromatic N) is 8. The average molecular weight is 425 g/mol. The van der Waals surface area contributed by atoms with Gasteiger partial charge in [-0.2, -0.15) is 0 Å². The average Bonchev–Trinajstić information content (AvgIpc) is 3.23. The Morgan fingerprint density at radius 2 is 1.58 bits per heavy atom. The Balaban J connectivity index is 1.45. The number of rotatable bonds is 6. The van der Waals surface area contributed by atoms with Crippen LogP contribution in [0.1, 0.15) is 6.42 Å². The Morgan fingerprint density at radius 3 is 2.32 bits per heavy atom. The van der Waals surface area contributed by atoms with E-state index in [2.05, 4.69) is 29.3 Å². The monoisotopic (exact) mass is 425 g/mol. The molecule has 0 amide bonds. The van der Waals surface area contributed by atoms with Crippen molar-refractivity contribution in [2.75, 3.05) is 69.8 Å². The molecule has 2 aliphatic rings. The number of aromatic nitrogens is 6. The predicted octanol–water partition coefficient (Wildman–Crippen LogP) is 0.424. The first kappa shape index (κ1) is 20.0. The summed E-state index contributed by atoms with van der Waals surface area (Å²) in [5.41, 5.74) is 8.02. The molecule has 0 bridgehead atoms. The standard InChI is InChI=1S/C20H27N9O2/c21-20-22-12-15(13-23-20)17-25-18(28-6-10-31-11-7-28)16-19(26-17)29(14-24-16)3-1-2-27-4-8-30-9-5-27/h12-14H,1-11H2,(H2,21,22,23). The van der Waals surface area contributed by atoms with E-state index < -0.39 is 0 Å². The van der Waals surface area contributed by atoms with E-state index in [-0.39, 0.29) is 5.95 Å². The molecule has 11 nitrogen and oxygen atoms in total. The fourth-order valence-corrected chi connectivity index (χ4v) is 3.96. The zero-order valence-electron chi connectivity index (χ0n) is 17.5. The van der Waals surface area contributed by atoms with Gasteiger partial charge in [-0.15, -0.1) is 0 Å². The summed E-state index contributed by atoms with van der Waals surface area (Å²) in [6.07, 6.45) is 6.20. The largest absolute Gasteiger partial charge is 0.379 e. The van der Waals surface area contributed by atoms with Crippen LogP contribution in [0.25, 0.3) is 22.6 Å². The van der Waals surface area contributed by atoms with E-state index >= 15 is 0 Å². The van der Waals surface area contributed by atoms with Gasteiger partial charge < -0.3 is 24.7 Å². The van der Waals surface area contributed by atoms with Crippen molar-refractivity contribution in [2.24, 2.45) is 0 Å². The second-order valence-corrected chi connectivity index (χ2v) is 7.72. The Morgan fingerprint density at radius 1 is 0.871 bits per heavy atom. The lowest BCUT2D eigenvalue weighted by molar-refractivity contribution is 0.0369. The highest BCUT2D eigenvalue weighted by molar-refractivity contribution is 5.85. The lowest BCUT2D eigenvalue weighted by atomic mass is 10.3. The van der Waals surface area contributed by atoms with E-state index in [0.717, 1.165) is 81.4 Å². The van der Waals surface area contributed by atoms with E-state index in [4.69, 9.17) is 25.2 Å². The molecule has 2 N–H and O–H groups in total. The number of aryl methyl sites for hydroxylation is 1. The molecule has 2 fully saturated rings. The van der Waals surface area contributed by atoms with Gasteiger partial charge in [-0.3, -0.25) is 4.90 Å². The second kappa shape index (κ2) is 9.08. The maximum atomic E-state index is 5.65. The normalized spacial score (nSPS) is 18.0. The van der Waals surface area contributed by atoms with Crippen LogP contribution in [-0.4, -0.2) is 93.5 Å². The minimum Gasteiger partial charge on any atom is -0.379 e. The third kappa shape index (κ3) is 4.43. The van der Waals surface area contributed by atoms with Gasteiger partial charge in [0.2, 0.25) is 5.95 Å². The van der Waals surface area contributed by atoms with Crippen LogP contribution in [0.5, 0.6) is 0 Å². The van der Waals surface area contributed by atoms with Crippen molar-refractivity contribution in [1.82, 2.24) is 34.4 Å². The quantitative estimate of drug-likeness (QED) is 0.595. The smallest absolute Gasteiger partial charge is 0.219 e. The van der Waals surface area contributed by atoms with E-state index in [9.17, 15) is 0 Å². The molecule has 2 aliphatic heterocycles. The highest BCUT2D eigenvalue weighted by atomic mass is 16.5. The lowest BCUT2D eigenvalue weighted by Crippen LogP contribution is -2.37. The number of imidazole rings is 1. The maximum Gasteiger partial charge on any atom is 0.219 e. The number of hydrogen-bond donors (Lipinski definition) is 1. The van der Waals surface area contributed by atoms with Gasteiger partial charge in [0.25, 0.3) is 0 Å². The van der Waals surface area contributed by atoms with Crippen molar-refractivity contribution in [3.63, 3.8) is 0 Å². The molecule has 0 unspecified atom stereocenters. The third-order valence-corrected chi connectivity index (χ3v) is 5.66. The minimum absolute atomic E-state index is 0.228. The molecule has 0 spiro atoms. The molecule has 0 atom stereocenters. The number of nitrogens with two attached hydrogens (primary N) is 1. The summed E-state index contributed by atoms with van der Waals surface area (Å²) < 4.78 is 13.1. The lowest BCUT2D eigenvalue weighted by Gasteiger charge is -2.28. The number of hydrogen-bond acceptors (Lipinski definition) is 10. The molecule has 2 saturated heterocycles. The van der Waals surface area contributed by atoms with Gasteiger partial charge in [0.15, 0.2) is 22.8 Å². The first-order chi connectivity index (χ1) is 15.3. The van der Waals surface area contributed by atoms with Crippen LogP contribution in [0.2, 0.25) is 0 Å². The summed E-state index contributed by atoms with van der Waals surface area (Å²) in [6, 6.07) is 0. The molecule has 0 aliphatic carbocycles. The Hall–Kier alpha value is -2.89.